The Bertz CT molecular complexity index is 1320. The van der Waals surface area contributed by atoms with E-state index in [1.54, 1.807) is 53.7 Å². The zero-order valence-corrected chi connectivity index (χ0v) is 29.4. The van der Waals surface area contributed by atoms with Gasteiger partial charge in [-0.3, -0.25) is 0 Å². The Balaban J connectivity index is 2.81. The van der Waals surface area contributed by atoms with Gasteiger partial charge in [0.1, 0.15) is 24.0 Å². The van der Waals surface area contributed by atoms with Gasteiger partial charge < -0.3 is 14.6 Å². The topological polar surface area (TPSA) is 113 Å². The highest BCUT2D eigenvalue weighted by Gasteiger charge is 2.48. The maximum absolute atomic E-state index is 14.6. The van der Waals surface area contributed by atoms with Crippen LogP contribution in [0.4, 0.5) is 10.5 Å². The lowest BCUT2D eigenvalue weighted by molar-refractivity contribution is -0.140. The van der Waals surface area contributed by atoms with Crippen molar-refractivity contribution in [2.75, 3.05) is 10.8 Å². The molecule has 0 heterocycles. The van der Waals surface area contributed by atoms with Crippen molar-refractivity contribution in [3.05, 3.63) is 57.7 Å². The van der Waals surface area contributed by atoms with Gasteiger partial charge in [-0.15, -0.1) is 0 Å². The normalized spacial score (nSPS) is 13.3. The Hall–Kier alpha value is -2.32. The second-order valence-electron chi connectivity index (χ2n) is 13.2. The first-order valence-electron chi connectivity index (χ1n) is 13.4. The number of benzene rings is 2. The summed E-state index contributed by atoms with van der Waals surface area (Å²) in [6, 6.07) is 13.1. The third-order valence-corrected chi connectivity index (χ3v) is 10.1. The molecule has 1 atom stereocenters. The molecule has 2 rings (SSSR count). The van der Waals surface area contributed by atoms with E-state index in [2.05, 4.69) is 42.2 Å². The molecule has 0 fully saturated rings. The molecule has 0 saturated carbocycles. The minimum Gasteiger partial charge on any atom is -0.487 e. The van der Waals surface area contributed by atoms with Crippen LogP contribution in [0.1, 0.15) is 47.1 Å². The molecular formula is C29H43IN2O7SSi. The predicted octanol–water partition coefficient (Wildman–Crippen LogP) is 7.00. The van der Waals surface area contributed by atoms with E-state index >= 15 is 0 Å². The summed E-state index contributed by atoms with van der Waals surface area (Å²) in [5.41, 5.74) is -1.18. The lowest BCUT2D eigenvalue weighted by Crippen LogP contribution is -2.58. The molecule has 228 valence electrons. The molecule has 0 aliphatic heterocycles. The van der Waals surface area contributed by atoms with E-state index in [0.29, 0.717) is 10.3 Å². The number of nitrogens with zero attached hydrogens (tertiary/aromatic N) is 2. The highest BCUT2D eigenvalue weighted by Crippen LogP contribution is 2.40. The average molecular weight is 719 g/mol. The first kappa shape index (κ1) is 34.9. The summed E-state index contributed by atoms with van der Waals surface area (Å²) in [7, 11) is -6.65. The van der Waals surface area contributed by atoms with Gasteiger partial charge in [0.25, 0.3) is 0 Å². The quantitative estimate of drug-likeness (QED) is 0.197. The molecule has 0 aromatic heterocycles. The molecule has 1 unspecified atom stereocenters. The number of carbonyl (C=O) groups excluding carboxylic acids is 1. The molecule has 1 N–H and O–H groups in total. The largest absolute Gasteiger partial charge is 0.487 e. The average Bonchev–Trinajstić information content (AvgIpc) is 2.79. The number of hydrogen-bond donors (Lipinski definition) is 1. The van der Waals surface area contributed by atoms with Gasteiger partial charge in [-0.05, 0) is 78.6 Å². The van der Waals surface area contributed by atoms with Gasteiger partial charge in [-0.25, -0.2) is 13.9 Å². The van der Waals surface area contributed by atoms with Crippen LogP contribution in [0.25, 0.3) is 0 Å². The van der Waals surface area contributed by atoms with Crippen LogP contribution in [-0.4, -0.2) is 56.2 Å². The fraction of sp³-hybridized carbons (Fsp3) is 0.517. The number of rotatable bonds is 11. The number of amides is 1. The number of anilines is 1. The second kappa shape index (κ2) is 13.3. The van der Waals surface area contributed by atoms with Crippen LogP contribution < -0.4 is 9.04 Å². The van der Waals surface area contributed by atoms with Crippen LogP contribution in [0.2, 0.25) is 25.7 Å². The number of halogens is 1. The van der Waals surface area contributed by atoms with Crippen molar-refractivity contribution in [3.8, 4) is 5.75 Å². The smallest absolute Gasteiger partial charge is 0.425 e. The molecule has 0 radical (unpaired) electrons. The standard InChI is InChI=1S/C29H43IN2O7SSi/c1-28(2,3)25(26(33)34)32(23-16-15-22(30)19-24(23)38-20-21-13-11-10-12-14-21)40(36,37)31(17-18-41(7,8)9)27(35)39-29(4,5)6/h10-16,19,25H,17-18,20H2,1-9H3,(H,33,34). The highest BCUT2D eigenvalue weighted by atomic mass is 127. The van der Waals surface area contributed by atoms with Gasteiger partial charge in [0.05, 0.1) is 5.69 Å². The Morgan fingerprint density at radius 1 is 1.00 bits per heavy atom. The summed E-state index contributed by atoms with van der Waals surface area (Å²) < 4.78 is 43.2. The first-order chi connectivity index (χ1) is 18.6. The number of aliphatic carboxylic acids is 1. The summed E-state index contributed by atoms with van der Waals surface area (Å²) >= 11 is 2.08. The maximum Gasteiger partial charge on any atom is 0.425 e. The zero-order chi connectivity index (χ0) is 31.4. The zero-order valence-electron chi connectivity index (χ0n) is 25.4. The third-order valence-electron chi connectivity index (χ3n) is 5.87. The highest BCUT2D eigenvalue weighted by molar-refractivity contribution is 14.1. The van der Waals surface area contributed by atoms with E-state index in [-0.39, 0.29) is 24.6 Å². The first-order valence-corrected chi connectivity index (χ1v) is 19.6. The third kappa shape index (κ3) is 10.2. The van der Waals surface area contributed by atoms with E-state index < -0.39 is 47.4 Å². The number of carbonyl (C=O) groups is 2. The van der Waals surface area contributed by atoms with Gasteiger partial charge in [0.2, 0.25) is 0 Å². The molecule has 0 bridgehead atoms. The van der Waals surface area contributed by atoms with Crippen LogP contribution in [0.15, 0.2) is 48.5 Å². The fourth-order valence-corrected chi connectivity index (χ4v) is 7.25. The van der Waals surface area contributed by atoms with Gasteiger partial charge in [0.15, 0.2) is 0 Å². The van der Waals surface area contributed by atoms with E-state index in [4.69, 9.17) is 9.47 Å². The van der Waals surface area contributed by atoms with Crippen LogP contribution in [0.5, 0.6) is 5.75 Å². The SMILES string of the molecule is CC(C)(C)OC(=O)N(CC[Si](C)(C)C)S(=O)(=O)N(c1ccc(I)cc1OCc1ccccc1)C(C(=O)O)C(C)(C)C. The van der Waals surface area contributed by atoms with E-state index in [9.17, 15) is 23.1 Å². The Kier molecular flexibility index (Phi) is 11.3. The number of ether oxygens (including phenoxy) is 2. The minimum absolute atomic E-state index is 0.0187. The molecule has 1 amide bonds. The Morgan fingerprint density at radius 3 is 2.07 bits per heavy atom. The lowest BCUT2D eigenvalue weighted by atomic mass is 9.86. The van der Waals surface area contributed by atoms with E-state index in [0.717, 1.165) is 13.4 Å². The van der Waals surface area contributed by atoms with E-state index in [1.165, 1.54) is 6.07 Å². The summed E-state index contributed by atoms with van der Waals surface area (Å²) in [5, 5.41) is 10.4. The fourth-order valence-electron chi connectivity index (χ4n) is 3.90. The van der Waals surface area contributed by atoms with Crippen molar-refractivity contribution in [1.82, 2.24) is 4.31 Å². The van der Waals surface area contributed by atoms with Crippen molar-refractivity contribution in [2.45, 2.75) is 85.5 Å². The monoisotopic (exact) mass is 718 g/mol. The van der Waals surface area contributed by atoms with Crippen molar-refractivity contribution >= 4 is 58.6 Å². The van der Waals surface area contributed by atoms with Gasteiger partial charge >= 0.3 is 22.3 Å². The summed E-state index contributed by atoms with van der Waals surface area (Å²) in [5.74, 6) is -1.18. The molecule has 2 aromatic rings. The Morgan fingerprint density at radius 2 is 1.59 bits per heavy atom. The molecule has 0 spiro atoms. The van der Waals surface area contributed by atoms with Crippen LogP contribution in [0.3, 0.4) is 0 Å². The number of hydrogen-bond acceptors (Lipinski definition) is 6. The molecular weight excluding hydrogens is 675 g/mol. The summed E-state index contributed by atoms with van der Waals surface area (Å²) in [4.78, 5) is 26.3. The van der Waals surface area contributed by atoms with Crippen molar-refractivity contribution < 1.29 is 32.6 Å². The van der Waals surface area contributed by atoms with Crippen molar-refractivity contribution in [3.63, 3.8) is 0 Å². The lowest BCUT2D eigenvalue weighted by Gasteiger charge is -2.41. The minimum atomic E-state index is -4.80. The van der Waals surface area contributed by atoms with Crippen LogP contribution in [0, 0.1) is 8.99 Å². The summed E-state index contributed by atoms with van der Waals surface area (Å²) in [6.45, 7) is 16.0. The predicted molar refractivity (Wildman–Crippen MR) is 173 cm³/mol. The number of carboxylic acids is 1. The van der Waals surface area contributed by atoms with Gasteiger partial charge in [-0.1, -0.05) is 70.7 Å². The molecule has 2 aromatic carbocycles. The van der Waals surface area contributed by atoms with Crippen LogP contribution >= 0.6 is 22.6 Å². The molecule has 0 aliphatic rings. The molecule has 12 heteroatoms. The van der Waals surface area contributed by atoms with Gasteiger partial charge in [-0.2, -0.15) is 12.7 Å². The Labute approximate surface area is 259 Å². The molecule has 0 aliphatic carbocycles. The van der Waals surface area contributed by atoms with Crippen LogP contribution in [-0.2, 0) is 26.3 Å². The summed E-state index contributed by atoms with van der Waals surface area (Å²) in [6.07, 6.45) is -1.06. The van der Waals surface area contributed by atoms with Gasteiger partial charge in [0, 0.05) is 18.2 Å². The van der Waals surface area contributed by atoms with E-state index in [1.807, 2.05) is 30.3 Å². The van der Waals surface area contributed by atoms with Crippen molar-refractivity contribution in [2.24, 2.45) is 5.41 Å². The number of carboxylic acid groups (broad SMARTS) is 1. The second-order valence-corrected chi connectivity index (χ2v) is 21.8. The molecule has 0 saturated heterocycles. The molecule has 41 heavy (non-hydrogen) atoms. The van der Waals surface area contributed by atoms with Crippen molar-refractivity contribution in [1.29, 1.82) is 0 Å². The maximum atomic E-state index is 14.6. The molecule has 9 nitrogen and oxygen atoms in total.